The average molecular weight is 256 g/mol. The molecule has 0 aromatic heterocycles. The van der Waals surface area contributed by atoms with Crippen LogP contribution in [0.5, 0.6) is 0 Å². The van der Waals surface area contributed by atoms with Crippen molar-refractivity contribution in [3.63, 3.8) is 0 Å². The minimum Gasteiger partial charge on any atom is -0.314 e. The molecule has 0 aromatic rings. The predicted octanol–water partition coefficient (Wildman–Crippen LogP) is 2.73. The summed E-state index contributed by atoms with van der Waals surface area (Å²) < 4.78 is 0. The van der Waals surface area contributed by atoms with E-state index in [-0.39, 0.29) is 0 Å². The first kappa shape index (κ1) is 13.7. The summed E-state index contributed by atoms with van der Waals surface area (Å²) >= 11 is 2.14. The zero-order valence-electron chi connectivity index (χ0n) is 11.6. The molecule has 0 aromatic carbocycles. The summed E-state index contributed by atoms with van der Waals surface area (Å²) in [6.45, 7) is 9.73. The van der Waals surface area contributed by atoms with E-state index in [0.29, 0.717) is 0 Å². The van der Waals surface area contributed by atoms with Gasteiger partial charge in [0.2, 0.25) is 0 Å². The zero-order valence-corrected chi connectivity index (χ0v) is 12.4. The van der Waals surface area contributed by atoms with Gasteiger partial charge >= 0.3 is 0 Å². The molecule has 2 aliphatic heterocycles. The van der Waals surface area contributed by atoms with E-state index in [1.54, 1.807) is 0 Å². The van der Waals surface area contributed by atoms with Crippen LogP contribution in [0.3, 0.4) is 0 Å². The Bertz CT molecular complexity index is 228. The third-order valence-electron chi connectivity index (χ3n) is 4.54. The Morgan fingerprint density at radius 3 is 2.88 bits per heavy atom. The Kier molecular flexibility index (Phi) is 5.19. The number of nitrogens with one attached hydrogen (secondary N) is 1. The number of hydrogen-bond acceptors (Lipinski definition) is 3. The molecule has 0 radical (unpaired) electrons. The van der Waals surface area contributed by atoms with Crippen molar-refractivity contribution in [1.29, 1.82) is 0 Å². The van der Waals surface area contributed by atoms with Gasteiger partial charge in [-0.05, 0) is 39.7 Å². The molecule has 2 fully saturated rings. The summed E-state index contributed by atoms with van der Waals surface area (Å²) in [5.41, 5.74) is 0. The maximum absolute atomic E-state index is 3.68. The SMILES string of the molecule is CC1SCCN(C(C)CC2CCCCN2)C1C. The van der Waals surface area contributed by atoms with E-state index < -0.39 is 0 Å². The molecule has 1 N–H and O–H groups in total. The smallest absolute Gasteiger partial charge is 0.0186 e. The molecule has 3 heteroatoms. The summed E-state index contributed by atoms with van der Waals surface area (Å²) in [5.74, 6) is 1.31. The lowest BCUT2D eigenvalue weighted by Gasteiger charge is -2.42. The van der Waals surface area contributed by atoms with E-state index in [9.17, 15) is 0 Å². The lowest BCUT2D eigenvalue weighted by atomic mass is 9.97. The maximum atomic E-state index is 3.68. The van der Waals surface area contributed by atoms with Crippen molar-refractivity contribution in [1.82, 2.24) is 10.2 Å². The van der Waals surface area contributed by atoms with E-state index in [2.05, 4.69) is 42.7 Å². The topological polar surface area (TPSA) is 15.3 Å². The summed E-state index contributed by atoms with van der Waals surface area (Å²) in [6, 6.07) is 2.26. The van der Waals surface area contributed by atoms with Crippen LogP contribution in [-0.4, -0.2) is 47.1 Å². The molecule has 2 heterocycles. The molecule has 2 rings (SSSR count). The van der Waals surface area contributed by atoms with Crippen LogP contribution in [0.4, 0.5) is 0 Å². The number of rotatable bonds is 3. The fraction of sp³-hybridized carbons (Fsp3) is 1.00. The van der Waals surface area contributed by atoms with Crippen LogP contribution < -0.4 is 5.32 Å². The van der Waals surface area contributed by atoms with Crippen LogP contribution in [-0.2, 0) is 0 Å². The van der Waals surface area contributed by atoms with E-state index in [4.69, 9.17) is 0 Å². The van der Waals surface area contributed by atoms with Crippen molar-refractivity contribution in [3.05, 3.63) is 0 Å². The fourth-order valence-corrected chi connectivity index (χ4v) is 4.37. The molecule has 17 heavy (non-hydrogen) atoms. The third-order valence-corrected chi connectivity index (χ3v) is 5.87. The minimum absolute atomic E-state index is 0.740. The van der Waals surface area contributed by atoms with Crippen molar-refractivity contribution in [2.24, 2.45) is 0 Å². The number of hydrogen-bond donors (Lipinski definition) is 1. The highest BCUT2D eigenvalue weighted by Crippen LogP contribution is 2.27. The normalized spacial score (nSPS) is 37.9. The molecular weight excluding hydrogens is 228 g/mol. The Labute approximate surface area is 111 Å². The second-order valence-corrected chi connectivity index (χ2v) is 7.27. The van der Waals surface area contributed by atoms with Gasteiger partial charge in [-0.25, -0.2) is 0 Å². The summed E-state index contributed by atoms with van der Waals surface area (Å²) in [5, 5.41) is 4.48. The fourth-order valence-electron chi connectivity index (χ4n) is 3.25. The van der Waals surface area contributed by atoms with Crippen molar-refractivity contribution >= 4 is 11.8 Å². The largest absolute Gasteiger partial charge is 0.314 e. The quantitative estimate of drug-likeness (QED) is 0.836. The summed E-state index contributed by atoms with van der Waals surface area (Å²) in [6.07, 6.45) is 5.52. The monoisotopic (exact) mass is 256 g/mol. The molecule has 4 atom stereocenters. The highest BCUT2D eigenvalue weighted by Gasteiger charge is 2.29. The van der Waals surface area contributed by atoms with Crippen molar-refractivity contribution < 1.29 is 0 Å². The molecule has 0 spiro atoms. The second-order valence-electron chi connectivity index (χ2n) is 5.79. The van der Waals surface area contributed by atoms with Gasteiger partial charge in [0.05, 0.1) is 0 Å². The van der Waals surface area contributed by atoms with Crippen LogP contribution in [0.1, 0.15) is 46.5 Å². The Hall–Kier alpha value is 0.270. The number of nitrogens with zero attached hydrogens (tertiary/aromatic N) is 1. The molecule has 2 nitrogen and oxygen atoms in total. The molecule has 2 aliphatic rings. The molecule has 0 bridgehead atoms. The third kappa shape index (κ3) is 3.62. The maximum Gasteiger partial charge on any atom is 0.0186 e. The molecular formula is C14H28N2S. The first-order chi connectivity index (χ1) is 8.18. The van der Waals surface area contributed by atoms with Crippen molar-refractivity contribution in [2.75, 3.05) is 18.8 Å². The number of piperidine rings is 1. The van der Waals surface area contributed by atoms with Gasteiger partial charge in [0, 0.05) is 35.7 Å². The average Bonchev–Trinajstić information content (AvgIpc) is 2.34. The van der Waals surface area contributed by atoms with E-state index >= 15 is 0 Å². The highest BCUT2D eigenvalue weighted by molar-refractivity contribution is 8.00. The lowest BCUT2D eigenvalue weighted by Crippen LogP contribution is -2.51. The Balaban J connectivity index is 1.83. The van der Waals surface area contributed by atoms with Gasteiger partial charge in [-0.15, -0.1) is 0 Å². The van der Waals surface area contributed by atoms with Gasteiger partial charge in [0.25, 0.3) is 0 Å². The lowest BCUT2D eigenvalue weighted by molar-refractivity contribution is 0.136. The molecule has 0 amide bonds. The standard InChI is InChI=1S/C14H28N2S/c1-11(10-14-6-4-5-7-15-14)16-8-9-17-13(3)12(16)2/h11-15H,4-10H2,1-3H3. The van der Waals surface area contributed by atoms with E-state index in [0.717, 1.165) is 23.4 Å². The van der Waals surface area contributed by atoms with Crippen LogP contribution in [0.15, 0.2) is 0 Å². The van der Waals surface area contributed by atoms with E-state index in [1.165, 1.54) is 44.5 Å². The first-order valence-electron chi connectivity index (χ1n) is 7.29. The summed E-state index contributed by atoms with van der Waals surface area (Å²) in [4.78, 5) is 2.73. The summed E-state index contributed by atoms with van der Waals surface area (Å²) in [7, 11) is 0. The highest BCUT2D eigenvalue weighted by atomic mass is 32.2. The van der Waals surface area contributed by atoms with Crippen LogP contribution in [0.25, 0.3) is 0 Å². The Morgan fingerprint density at radius 2 is 2.18 bits per heavy atom. The van der Waals surface area contributed by atoms with Gasteiger partial charge in [-0.2, -0.15) is 11.8 Å². The van der Waals surface area contributed by atoms with Gasteiger partial charge < -0.3 is 5.32 Å². The first-order valence-corrected chi connectivity index (χ1v) is 8.34. The Morgan fingerprint density at radius 1 is 1.35 bits per heavy atom. The zero-order chi connectivity index (χ0) is 12.3. The van der Waals surface area contributed by atoms with Gasteiger partial charge in [0.1, 0.15) is 0 Å². The second kappa shape index (κ2) is 6.44. The van der Waals surface area contributed by atoms with Crippen LogP contribution in [0.2, 0.25) is 0 Å². The van der Waals surface area contributed by atoms with Crippen LogP contribution >= 0.6 is 11.8 Å². The van der Waals surface area contributed by atoms with Crippen molar-refractivity contribution in [3.8, 4) is 0 Å². The molecule has 100 valence electrons. The number of thioether (sulfide) groups is 1. The van der Waals surface area contributed by atoms with E-state index in [1.807, 2.05) is 0 Å². The van der Waals surface area contributed by atoms with Gasteiger partial charge in [-0.1, -0.05) is 13.3 Å². The minimum atomic E-state index is 0.740. The predicted molar refractivity (Wildman–Crippen MR) is 77.8 cm³/mol. The van der Waals surface area contributed by atoms with Gasteiger partial charge in [-0.3, -0.25) is 4.90 Å². The van der Waals surface area contributed by atoms with Crippen molar-refractivity contribution in [2.45, 2.75) is 69.8 Å². The molecule has 0 saturated carbocycles. The molecule has 0 aliphatic carbocycles. The van der Waals surface area contributed by atoms with Crippen LogP contribution in [0, 0.1) is 0 Å². The molecule has 2 saturated heterocycles. The van der Waals surface area contributed by atoms with Gasteiger partial charge in [0.15, 0.2) is 0 Å². The molecule has 4 unspecified atom stereocenters.